The maximum Gasteiger partial charge on any atom is 0.384 e. The van der Waals surface area contributed by atoms with E-state index in [4.69, 9.17) is 4.74 Å². The van der Waals surface area contributed by atoms with Gasteiger partial charge in [0.2, 0.25) is 5.52 Å². The van der Waals surface area contributed by atoms with E-state index in [2.05, 4.69) is 15.9 Å². The first kappa shape index (κ1) is 17.3. The van der Waals surface area contributed by atoms with Gasteiger partial charge in [0.15, 0.2) is 6.20 Å². The molecule has 2 atom stereocenters. The number of ether oxygens (including phenoxy) is 1. The van der Waals surface area contributed by atoms with Crippen LogP contribution < -0.4 is 4.57 Å². The molecule has 0 radical (unpaired) electrons. The van der Waals surface area contributed by atoms with Gasteiger partial charge in [-0.15, -0.1) is 0 Å². The van der Waals surface area contributed by atoms with E-state index in [1.165, 1.54) is 0 Å². The molecule has 4 rings (SSSR count). The lowest BCUT2D eigenvalue weighted by atomic mass is 9.83. The van der Waals surface area contributed by atoms with Crippen LogP contribution in [0.1, 0.15) is 17.5 Å². The molecule has 0 amide bonds. The minimum atomic E-state index is -0.882. The molecule has 27 heavy (non-hydrogen) atoms. The Morgan fingerprint density at radius 3 is 2.44 bits per heavy atom. The number of para-hydroxylation sites is 1. The topological polar surface area (TPSA) is 69.6 Å². The highest BCUT2D eigenvalue weighted by Gasteiger charge is 2.49. The van der Waals surface area contributed by atoms with Crippen LogP contribution in [0.5, 0.6) is 0 Å². The molecule has 3 aromatic rings. The van der Waals surface area contributed by atoms with Gasteiger partial charge in [-0.05, 0) is 29.8 Å². The fourth-order valence-corrected chi connectivity index (χ4v) is 3.73. The lowest BCUT2D eigenvalue weighted by molar-refractivity contribution is -0.688. The van der Waals surface area contributed by atoms with Gasteiger partial charge in [0.05, 0.1) is 11.5 Å². The van der Waals surface area contributed by atoms with E-state index < -0.39 is 23.9 Å². The summed E-state index contributed by atoms with van der Waals surface area (Å²) in [6.07, 6.45) is 1.77. The third-order valence-corrected chi connectivity index (χ3v) is 5.20. The van der Waals surface area contributed by atoms with E-state index in [0.717, 1.165) is 15.4 Å². The summed E-state index contributed by atoms with van der Waals surface area (Å²) in [7, 11) is 0. The van der Waals surface area contributed by atoms with Gasteiger partial charge in [0.1, 0.15) is 0 Å². The molecule has 0 N–H and O–H groups in total. The van der Waals surface area contributed by atoms with Crippen LogP contribution in [-0.2, 0) is 14.3 Å². The molecule has 0 saturated carbocycles. The molecule has 0 aliphatic carbocycles. The number of hydrogen-bond acceptors (Lipinski definition) is 3. The third kappa shape index (κ3) is 2.99. The molecule has 1 aliphatic heterocycles. The molecular weight excluding hydrogens is 408 g/mol. The van der Waals surface area contributed by atoms with Crippen LogP contribution >= 0.6 is 15.9 Å². The van der Waals surface area contributed by atoms with Crippen LogP contribution in [0.4, 0.5) is 0 Å². The van der Waals surface area contributed by atoms with Crippen LogP contribution in [0.15, 0.2) is 76.9 Å². The zero-order valence-electron chi connectivity index (χ0n) is 14.0. The number of aromatic nitrogens is 1. The van der Waals surface area contributed by atoms with Crippen molar-refractivity contribution in [3.63, 3.8) is 0 Å². The van der Waals surface area contributed by atoms with Gasteiger partial charge in [-0.2, -0.15) is 4.57 Å². The lowest BCUT2D eigenvalue weighted by Crippen LogP contribution is -2.52. The number of cyclic esters (lactones) is 2. The third-order valence-electron chi connectivity index (χ3n) is 4.67. The number of nitrogens with zero attached hydrogens (tertiary/aromatic N) is 2. The standard InChI is InChI=1S/C21H13BrN2O3/c22-15-9-7-14(8-10-15)18-16(12-23)20(25)27-21(26)19(18)24-11-3-5-13-4-1-2-6-17(13)24/h1-11,18-19H/t18-,19+/m0/s1. The summed E-state index contributed by atoms with van der Waals surface area (Å²) >= 11 is 3.38. The highest BCUT2D eigenvalue weighted by atomic mass is 79.9. The number of carbonyl (C=O) groups is 2. The maximum atomic E-state index is 12.8. The molecule has 6 heteroatoms. The zero-order valence-corrected chi connectivity index (χ0v) is 15.6. The van der Waals surface area contributed by atoms with Crippen molar-refractivity contribution in [3.8, 4) is 0 Å². The molecule has 2 aromatic carbocycles. The first-order valence-electron chi connectivity index (χ1n) is 8.27. The molecule has 1 fully saturated rings. The summed E-state index contributed by atoms with van der Waals surface area (Å²) < 4.78 is 7.55. The fraction of sp³-hybridized carbons (Fsp3) is 0.0952. The minimum Gasteiger partial charge on any atom is -0.763 e. The minimum absolute atomic E-state index is 0.0812. The van der Waals surface area contributed by atoms with Gasteiger partial charge in [-0.3, -0.25) is 5.87 Å². The Hall–Kier alpha value is -3.08. The van der Waals surface area contributed by atoms with Crippen molar-refractivity contribution in [1.82, 2.24) is 0 Å². The van der Waals surface area contributed by atoms with Gasteiger partial charge in [-0.1, -0.05) is 40.2 Å². The van der Waals surface area contributed by atoms with Crippen molar-refractivity contribution >= 4 is 44.6 Å². The quantitative estimate of drug-likeness (QED) is 0.209. The SMILES string of the molecule is [N-]=C=C1C(=O)OC(=O)[C@H]([n+]2cccc3ccccc32)[C@H]1c1ccc(Br)cc1. The van der Waals surface area contributed by atoms with Gasteiger partial charge < -0.3 is 10.1 Å². The Morgan fingerprint density at radius 2 is 1.70 bits per heavy atom. The van der Waals surface area contributed by atoms with Gasteiger partial charge in [-0.25, -0.2) is 9.59 Å². The van der Waals surface area contributed by atoms with E-state index in [0.29, 0.717) is 5.56 Å². The van der Waals surface area contributed by atoms with Crippen LogP contribution in [0.3, 0.4) is 0 Å². The molecule has 132 valence electrons. The maximum absolute atomic E-state index is 12.8. The average Bonchev–Trinajstić information content (AvgIpc) is 2.68. The van der Waals surface area contributed by atoms with Crippen molar-refractivity contribution < 1.29 is 18.9 Å². The molecule has 0 spiro atoms. The predicted octanol–water partition coefficient (Wildman–Crippen LogP) is 3.46. The van der Waals surface area contributed by atoms with Crippen LogP contribution in [0, 0.1) is 0 Å². The molecule has 1 aliphatic rings. The number of halogens is 1. The van der Waals surface area contributed by atoms with Gasteiger partial charge in [0, 0.05) is 22.0 Å². The fourth-order valence-electron chi connectivity index (χ4n) is 3.46. The first-order chi connectivity index (χ1) is 13.1. The summed E-state index contributed by atoms with van der Waals surface area (Å²) in [5, 5.41) is 10.5. The second-order valence-corrected chi connectivity index (χ2v) is 7.10. The van der Waals surface area contributed by atoms with Gasteiger partial charge >= 0.3 is 11.9 Å². The smallest absolute Gasteiger partial charge is 0.384 e. The summed E-state index contributed by atoms with van der Waals surface area (Å²) in [4.78, 5) is 25.0. The predicted molar refractivity (Wildman–Crippen MR) is 103 cm³/mol. The van der Waals surface area contributed by atoms with Crippen LogP contribution in [0.2, 0.25) is 0 Å². The highest BCUT2D eigenvalue weighted by molar-refractivity contribution is 9.10. The summed E-state index contributed by atoms with van der Waals surface area (Å²) in [5.74, 6) is -0.334. The normalized spacial score (nSPS) is 19.7. The molecule has 1 saturated heterocycles. The number of carbonyl (C=O) groups excluding carboxylic acids is 2. The Balaban J connectivity index is 1.97. The monoisotopic (exact) mass is 420 g/mol. The van der Waals surface area contributed by atoms with Crippen molar-refractivity contribution in [3.05, 3.63) is 87.9 Å². The van der Waals surface area contributed by atoms with E-state index in [1.54, 1.807) is 22.9 Å². The molecule has 1 aromatic heterocycles. The average molecular weight is 421 g/mol. The van der Waals surface area contributed by atoms with Crippen molar-refractivity contribution in [1.29, 1.82) is 0 Å². The van der Waals surface area contributed by atoms with Crippen LogP contribution in [0.25, 0.3) is 16.3 Å². The Bertz CT molecular complexity index is 1110. The Labute approximate surface area is 163 Å². The first-order valence-corrected chi connectivity index (χ1v) is 9.07. The molecular formula is C21H13BrN2O3. The van der Waals surface area contributed by atoms with E-state index in [-0.39, 0.29) is 5.57 Å². The number of rotatable bonds is 2. The van der Waals surface area contributed by atoms with Crippen molar-refractivity contribution in [2.45, 2.75) is 12.0 Å². The second kappa shape index (κ2) is 6.91. The van der Waals surface area contributed by atoms with Crippen molar-refractivity contribution in [2.75, 3.05) is 0 Å². The molecule has 2 heterocycles. The number of hydrogen-bond donors (Lipinski definition) is 0. The summed E-state index contributed by atoms with van der Waals surface area (Å²) in [5.41, 5.74) is 1.43. The molecule has 0 unspecified atom stereocenters. The van der Waals surface area contributed by atoms with E-state index >= 15 is 0 Å². The highest BCUT2D eigenvalue weighted by Crippen LogP contribution is 2.37. The zero-order chi connectivity index (χ0) is 19.0. The van der Waals surface area contributed by atoms with Gasteiger partial charge in [0.25, 0.3) is 6.04 Å². The van der Waals surface area contributed by atoms with Crippen LogP contribution in [-0.4, -0.2) is 17.8 Å². The summed E-state index contributed by atoms with van der Waals surface area (Å²) in [6, 6.07) is 17.8. The molecule has 0 bridgehead atoms. The lowest BCUT2D eigenvalue weighted by Gasteiger charge is -2.28. The second-order valence-electron chi connectivity index (χ2n) is 6.18. The van der Waals surface area contributed by atoms with Crippen molar-refractivity contribution in [2.24, 2.45) is 0 Å². The number of benzene rings is 2. The molecule has 5 nitrogen and oxygen atoms in total. The largest absolute Gasteiger partial charge is 0.763 e. The Kier molecular flexibility index (Phi) is 4.44. The number of esters is 2. The Morgan fingerprint density at radius 1 is 1.00 bits per heavy atom. The summed E-state index contributed by atoms with van der Waals surface area (Å²) in [6.45, 7) is 0. The van der Waals surface area contributed by atoms with E-state index in [1.807, 2.05) is 54.4 Å². The number of fused-ring (bicyclic) bond motifs is 1. The van der Waals surface area contributed by atoms with E-state index in [9.17, 15) is 15.0 Å². The number of pyridine rings is 1.